The van der Waals surface area contributed by atoms with Crippen molar-refractivity contribution in [1.29, 1.82) is 0 Å². The van der Waals surface area contributed by atoms with Crippen molar-refractivity contribution in [2.24, 2.45) is 5.16 Å². The predicted molar refractivity (Wildman–Crippen MR) is 78.8 cm³/mol. The van der Waals surface area contributed by atoms with Crippen LogP contribution in [-0.4, -0.2) is 19.1 Å². The van der Waals surface area contributed by atoms with Crippen LogP contribution in [-0.2, 0) is 15.3 Å². The zero-order chi connectivity index (χ0) is 12.9. The summed E-state index contributed by atoms with van der Waals surface area (Å²) < 4.78 is 5.54. The molecule has 0 aliphatic carbocycles. The first kappa shape index (κ1) is 12.6. The van der Waals surface area contributed by atoms with Gasteiger partial charge in [-0.05, 0) is 22.2 Å². The van der Waals surface area contributed by atoms with Crippen molar-refractivity contribution in [3.05, 3.63) is 52.2 Å². The monoisotopic (exact) mass is 291 g/mol. The Kier molecular flexibility index (Phi) is 4.05. The fraction of sp³-hybridized carbons (Fsp3) is 0.214. The Bertz CT molecular complexity index is 566. The molecule has 0 unspecified atom stereocenters. The van der Waals surface area contributed by atoms with E-state index in [1.165, 1.54) is 10.5 Å². The van der Waals surface area contributed by atoms with E-state index in [2.05, 4.69) is 40.9 Å². The average molecular weight is 291 g/mol. The molecule has 0 atom stereocenters. The van der Waals surface area contributed by atoms with Gasteiger partial charge in [0.1, 0.15) is 11.5 Å². The van der Waals surface area contributed by atoms with E-state index in [9.17, 15) is 0 Å². The van der Waals surface area contributed by atoms with Gasteiger partial charge in [0.15, 0.2) is 6.61 Å². The summed E-state index contributed by atoms with van der Waals surface area (Å²) in [4.78, 5) is 7.33. The van der Waals surface area contributed by atoms with Gasteiger partial charge in [-0.1, -0.05) is 30.3 Å². The van der Waals surface area contributed by atoms with Gasteiger partial charge in [-0.15, -0.1) is 23.1 Å². The highest BCUT2D eigenvalue weighted by molar-refractivity contribution is 7.98. The Labute approximate surface area is 120 Å². The average Bonchev–Trinajstić information content (AvgIpc) is 2.95. The smallest absolute Gasteiger partial charge is 0.269 e. The first-order valence-corrected chi connectivity index (χ1v) is 7.87. The van der Waals surface area contributed by atoms with E-state index < -0.39 is 0 Å². The number of ether oxygens (including phenoxy) is 1. The molecule has 0 saturated carbocycles. The lowest BCUT2D eigenvalue weighted by atomic mass is 10.2. The molecule has 3 nitrogen and oxygen atoms in total. The zero-order valence-electron chi connectivity index (χ0n) is 10.2. The summed E-state index contributed by atoms with van der Waals surface area (Å²) in [5.41, 5.74) is 1.31. The number of hydrogen-bond acceptors (Lipinski definition) is 5. The summed E-state index contributed by atoms with van der Waals surface area (Å²) in [5.74, 6) is 1.55. The van der Waals surface area contributed by atoms with Crippen LogP contribution in [0.3, 0.4) is 0 Å². The van der Waals surface area contributed by atoms with Gasteiger partial charge in [-0.3, -0.25) is 0 Å². The second-order valence-corrected chi connectivity index (χ2v) is 5.90. The SMILES string of the molecule is c1ccc(CSc2ccsc2C2=NOCCO2)cc1. The van der Waals surface area contributed by atoms with Crippen molar-refractivity contribution < 1.29 is 9.57 Å². The minimum Gasteiger partial charge on any atom is -0.471 e. The number of rotatable bonds is 4. The fourth-order valence-corrected chi connectivity index (χ4v) is 3.74. The van der Waals surface area contributed by atoms with Gasteiger partial charge in [-0.2, -0.15) is 0 Å². The Hall–Kier alpha value is -1.46. The molecule has 0 saturated heterocycles. The molecule has 1 aliphatic heterocycles. The van der Waals surface area contributed by atoms with Crippen molar-refractivity contribution in [1.82, 2.24) is 0 Å². The molecule has 1 aromatic heterocycles. The maximum atomic E-state index is 5.54. The quantitative estimate of drug-likeness (QED) is 0.804. The third-order valence-corrected chi connectivity index (χ3v) is 4.78. The maximum Gasteiger partial charge on any atom is 0.269 e. The summed E-state index contributed by atoms with van der Waals surface area (Å²) in [6.45, 7) is 1.10. The van der Waals surface area contributed by atoms with E-state index in [1.54, 1.807) is 23.1 Å². The van der Waals surface area contributed by atoms with Crippen LogP contribution in [0.4, 0.5) is 0 Å². The second kappa shape index (κ2) is 6.12. The molecule has 1 aromatic carbocycles. The van der Waals surface area contributed by atoms with Crippen molar-refractivity contribution in [3.8, 4) is 0 Å². The Morgan fingerprint density at radius 3 is 2.84 bits per heavy atom. The van der Waals surface area contributed by atoms with Crippen LogP contribution < -0.4 is 0 Å². The normalized spacial score (nSPS) is 14.4. The van der Waals surface area contributed by atoms with Crippen LogP contribution in [0, 0.1) is 0 Å². The van der Waals surface area contributed by atoms with Crippen LogP contribution in [0.25, 0.3) is 0 Å². The van der Waals surface area contributed by atoms with E-state index in [-0.39, 0.29) is 0 Å². The molecule has 0 bridgehead atoms. The molecule has 0 N–H and O–H groups in total. The second-order valence-electron chi connectivity index (χ2n) is 3.97. The molecule has 2 aromatic rings. The van der Waals surface area contributed by atoms with Gasteiger partial charge in [-0.25, -0.2) is 0 Å². The van der Waals surface area contributed by atoms with Gasteiger partial charge in [0.05, 0.1) is 0 Å². The molecule has 0 amide bonds. The summed E-state index contributed by atoms with van der Waals surface area (Å²) >= 11 is 3.43. The van der Waals surface area contributed by atoms with Crippen molar-refractivity contribution in [3.63, 3.8) is 0 Å². The number of nitrogens with zero attached hydrogens (tertiary/aromatic N) is 1. The van der Waals surface area contributed by atoms with E-state index in [0.717, 1.165) is 10.6 Å². The summed E-state index contributed by atoms with van der Waals surface area (Å²) in [6, 6.07) is 12.5. The highest BCUT2D eigenvalue weighted by Crippen LogP contribution is 2.31. The fourth-order valence-electron chi connectivity index (χ4n) is 1.72. The molecule has 0 radical (unpaired) electrons. The summed E-state index contributed by atoms with van der Waals surface area (Å²) in [7, 11) is 0. The van der Waals surface area contributed by atoms with Crippen LogP contribution >= 0.6 is 23.1 Å². The van der Waals surface area contributed by atoms with Crippen LogP contribution in [0.5, 0.6) is 0 Å². The third-order valence-electron chi connectivity index (χ3n) is 2.62. The van der Waals surface area contributed by atoms with E-state index in [1.807, 2.05) is 6.07 Å². The number of thioether (sulfide) groups is 1. The Morgan fingerprint density at radius 2 is 2.05 bits per heavy atom. The third kappa shape index (κ3) is 3.11. The van der Waals surface area contributed by atoms with Crippen molar-refractivity contribution in [2.45, 2.75) is 10.6 Å². The lowest BCUT2D eigenvalue weighted by Gasteiger charge is -2.13. The first-order chi connectivity index (χ1) is 9.43. The Morgan fingerprint density at radius 1 is 1.16 bits per heavy atom. The molecule has 0 spiro atoms. The minimum atomic E-state index is 0.529. The molecule has 98 valence electrons. The summed E-state index contributed by atoms with van der Waals surface area (Å²) in [6.07, 6.45) is 0. The van der Waals surface area contributed by atoms with E-state index in [0.29, 0.717) is 19.1 Å². The van der Waals surface area contributed by atoms with Gasteiger partial charge < -0.3 is 9.57 Å². The molecule has 2 heterocycles. The predicted octanol–water partition coefficient (Wildman–Crippen LogP) is 3.75. The van der Waals surface area contributed by atoms with Crippen LogP contribution in [0.1, 0.15) is 10.4 Å². The largest absolute Gasteiger partial charge is 0.471 e. The highest BCUT2D eigenvalue weighted by atomic mass is 32.2. The van der Waals surface area contributed by atoms with E-state index in [4.69, 9.17) is 9.57 Å². The topological polar surface area (TPSA) is 30.8 Å². The van der Waals surface area contributed by atoms with Crippen LogP contribution in [0.15, 0.2) is 51.8 Å². The lowest BCUT2D eigenvalue weighted by Crippen LogP contribution is -2.16. The van der Waals surface area contributed by atoms with Crippen LogP contribution in [0.2, 0.25) is 0 Å². The van der Waals surface area contributed by atoms with Gasteiger partial charge in [0, 0.05) is 10.6 Å². The van der Waals surface area contributed by atoms with Gasteiger partial charge in [0.2, 0.25) is 0 Å². The maximum absolute atomic E-state index is 5.54. The Balaban J connectivity index is 1.72. The number of hydrogen-bond donors (Lipinski definition) is 0. The lowest BCUT2D eigenvalue weighted by molar-refractivity contribution is 0.0656. The minimum absolute atomic E-state index is 0.529. The van der Waals surface area contributed by atoms with Crippen molar-refractivity contribution in [2.75, 3.05) is 13.2 Å². The molecule has 3 rings (SSSR count). The van der Waals surface area contributed by atoms with Crippen molar-refractivity contribution >= 4 is 29.0 Å². The zero-order valence-corrected chi connectivity index (χ0v) is 11.9. The number of thiophene rings is 1. The van der Waals surface area contributed by atoms with Gasteiger partial charge in [0.25, 0.3) is 5.90 Å². The molecule has 5 heteroatoms. The van der Waals surface area contributed by atoms with Gasteiger partial charge >= 0.3 is 0 Å². The highest BCUT2D eigenvalue weighted by Gasteiger charge is 2.16. The first-order valence-electron chi connectivity index (χ1n) is 6.01. The molecule has 1 aliphatic rings. The van der Waals surface area contributed by atoms with E-state index >= 15 is 0 Å². The molecule has 19 heavy (non-hydrogen) atoms. The molecular weight excluding hydrogens is 278 g/mol. The molecular formula is C14H13NO2S2. The molecule has 0 fully saturated rings. The number of oxime groups is 1. The number of benzene rings is 1. The standard InChI is InChI=1S/C14H13NO2S2/c1-2-4-11(5-3-1)10-19-12-6-9-18-13(12)14-15-17-8-7-16-14/h1-6,9H,7-8,10H2. The summed E-state index contributed by atoms with van der Waals surface area (Å²) in [5, 5.41) is 6.04.